The number of pyridine rings is 1. The second-order valence-corrected chi connectivity index (χ2v) is 4.76. The Labute approximate surface area is 121 Å². The van der Waals surface area contributed by atoms with Crippen LogP contribution in [-0.4, -0.2) is 17.0 Å². The van der Waals surface area contributed by atoms with E-state index < -0.39 is 29.8 Å². The van der Waals surface area contributed by atoms with Gasteiger partial charge in [0.1, 0.15) is 12.1 Å². The Hall–Kier alpha value is -1.79. The third-order valence-corrected chi connectivity index (χ3v) is 2.99. The average molecular weight is 304 g/mol. The van der Waals surface area contributed by atoms with Crippen LogP contribution < -0.4 is 10.9 Å². The summed E-state index contributed by atoms with van der Waals surface area (Å²) in [6, 6.07) is 1.82. The molecule has 4 nitrogen and oxygen atoms in total. The molecule has 0 bridgehead atoms. The Kier molecular flexibility index (Phi) is 6.45. The van der Waals surface area contributed by atoms with Crippen molar-refractivity contribution in [1.29, 1.82) is 0 Å². The number of carbonyl (C=O) groups excluding carboxylic acids is 1. The third-order valence-electron chi connectivity index (χ3n) is 2.99. The zero-order valence-corrected chi connectivity index (χ0v) is 11.9. The van der Waals surface area contributed by atoms with Gasteiger partial charge in [-0.05, 0) is 18.6 Å². The maximum Gasteiger partial charge on any atom is 0.421 e. The van der Waals surface area contributed by atoms with Crippen LogP contribution >= 0.6 is 0 Å². The number of carbonyl (C=O) groups is 1. The summed E-state index contributed by atoms with van der Waals surface area (Å²) in [5, 5.41) is 2.60. The molecule has 0 aliphatic carbocycles. The number of nitrogens with one attached hydrogen (secondary N) is 1. The quantitative estimate of drug-likeness (QED) is 0.787. The molecule has 118 valence electrons. The summed E-state index contributed by atoms with van der Waals surface area (Å²) in [7, 11) is 0. The van der Waals surface area contributed by atoms with Gasteiger partial charge in [0.25, 0.3) is 5.56 Å². The van der Waals surface area contributed by atoms with Gasteiger partial charge < -0.3 is 9.88 Å². The summed E-state index contributed by atoms with van der Waals surface area (Å²) in [5.41, 5.74) is -2.47. The molecule has 1 heterocycles. The maximum absolute atomic E-state index is 12.6. The maximum atomic E-state index is 12.6. The Morgan fingerprint density at radius 1 is 1.29 bits per heavy atom. The lowest BCUT2D eigenvalue weighted by molar-refractivity contribution is -0.139. The smallest absolute Gasteiger partial charge is 0.355 e. The lowest BCUT2D eigenvalue weighted by Gasteiger charge is -2.10. The zero-order valence-electron chi connectivity index (χ0n) is 11.9. The first kappa shape index (κ1) is 17.3. The van der Waals surface area contributed by atoms with Gasteiger partial charge in [-0.1, -0.05) is 26.2 Å². The van der Waals surface area contributed by atoms with E-state index in [4.69, 9.17) is 0 Å². The number of hydrogen-bond acceptors (Lipinski definition) is 2. The molecule has 1 aromatic rings. The zero-order chi connectivity index (χ0) is 15.9. The van der Waals surface area contributed by atoms with Crippen LogP contribution in [0.3, 0.4) is 0 Å². The predicted molar refractivity (Wildman–Crippen MR) is 72.9 cm³/mol. The molecule has 0 aromatic carbocycles. The number of aromatic nitrogens is 1. The largest absolute Gasteiger partial charge is 0.421 e. The Morgan fingerprint density at radius 2 is 2.00 bits per heavy atom. The number of halogens is 3. The molecular weight excluding hydrogens is 285 g/mol. The lowest BCUT2D eigenvalue weighted by atomic mass is 10.2. The molecule has 0 atom stereocenters. The molecule has 1 rings (SSSR count). The molecular formula is C14H19F3N2O2. The Balaban J connectivity index is 2.59. The molecule has 21 heavy (non-hydrogen) atoms. The van der Waals surface area contributed by atoms with E-state index in [1.54, 1.807) is 0 Å². The first-order chi connectivity index (χ1) is 9.86. The van der Waals surface area contributed by atoms with Gasteiger partial charge in [0.05, 0.1) is 0 Å². The van der Waals surface area contributed by atoms with Crippen molar-refractivity contribution in [2.24, 2.45) is 0 Å². The minimum absolute atomic E-state index is 0.406. The van der Waals surface area contributed by atoms with Gasteiger partial charge in [0.2, 0.25) is 5.91 Å². The summed E-state index contributed by atoms with van der Waals surface area (Å²) in [4.78, 5) is 23.2. The highest BCUT2D eigenvalue weighted by atomic mass is 19.4. The molecule has 1 amide bonds. The van der Waals surface area contributed by atoms with Crippen molar-refractivity contribution in [1.82, 2.24) is 9.88 Å². The minimum Gasteiger partial charge on any atom is -0.355 e. The van der Waals surface area contributed by atoms with Gasteiger partial charge in [0, 0.05) is 12.7 Å². The fourth-order valence-corrected chi connectivity index (χ4v) is 1.87. The fraction of sp³-hybridized carbons (Fsp3) is 0.571. The van der Waals surface area contributed by atoms with Crippen LogP contribution in [0, 0.1) is 0 Å². The van der Waals surface area contributed by atoms with Crippen LogP contribution in [0.4, 0.5) is 13.2 Å². The second kappa shape index (κ2) is 7.85. The van der Waals surface area contributed by atoms with Crippen molar-refractivity contribution in [3.63, 3.8) is 0 Å². The summed E-state index contributed by atoms with van der Waals surface area (Å²) in [6.07, 6.45) is 0.416. The van der Waals surface area contributed by atoms with E-state index in [2.05, 4.69) is 12.2 Å². The number of amides is 1. The average Bonchev–Trinajstić information content (AvgIpc) is 2.39. The molecule has 0 saturated heterocycles. The topological polar surface area (TPSA) is 51.1 Å². The van der Waals surface area contributed by atoms with E-state index in [9.17, 15) is 22.8 Å². The number of rotatable bonds is 7. The van der Waals surface area contributed by atoms with E-state index in [1.807, 2.05) is 0 Å². The van der Waals surface area contributed by atoms with Crippen LogP contribution in [0.15, 0.2) is 23.1 Å². The highest BCUT2D eigenvalue weighted by Gasteiger charge is 2.34. The Bertz CT molecular complexity index is 524. The van der Waals surface area contributed by atoms with Crippen molar-refractivity contribution in [2.75, 3.05) is 6.54 Å². The van der Waals surface area contributed by atoms with Gasteiger partial charge in [-0.2, -0.15) is 13.2 Å². The molecule has 1 N–H and O–H groups in total. The number of hydrogen-bond donors (Lipinski definition) is 1. The van der Waals surface area contributed by atoms with Gasteiger partial charge in [-0.3, -0.25) is 9.59 Å². The highest BCUT2D eigenvalue weighted by molar-refractivity contribution is 5.75. The molecule has 0 saturated carbocycles. The van der Waals surface area contributed by atoms with Crippen molar-refractivity contribution >= 4 is 5.91 Å². The van der Waals surface area contributed by atoms with E-state index in [-0.39, 0.29) is 0 Å². The summed E-state index contributed by atoms with van der Waals surface area (Å²) in [5.74, 6) is -0.465. The molecule has 0 unspecified atom stereocenters. The van der Waals surface area contributed by atoms with Crippen molar-refractivity contribution in [3.8, 4) is 0 Å². The normalized spacial score (nSPS) is 11.4. The molecule has 1 aromatic heterocycles. The molecule has 7 heteroatoms. The van der Waals surface area contributed by atoms with Crippen molar-refractivity contribution in [3.05, 3.63) is 34.2 Å². The minimum atomic E-state index is -4.71. The van der Waals surface area contributed by atoms with Crippen LogP contribution in [0.25, 0.3) is 0 Å². The summed E-state index contributed by atoms with van der Waals surface area (Å²) >= 11 is 0. The lowest BCUT2D eigenvalue weighted by Crippen LogP contribution is -2.35. The van der Waals surface area contributed by atoms with E-state index in [0.717, 1.165) is 36.3 Å². The van der Waals surface area contributed by atoms with Crippen molar-refractivity contribution < 1.29 is 18.0 Å². The van der Waals surface area contributed by atoms with Crippen LogP contribution in [-0.2, 0) is 17.5 Å². The fourth-order valence-electron chi connectivity index (χ4n) is 1.87. The summed E-state index contributed by atoms with van der Waals surface area (Å²) < 4.78 is 38.5. The van der Waals surface area contributed by atoms with Crippen LogP contribution in [0.5, 0.6) is 0 Å². The Morgan fingerprint density at radius 3 is 2.62 bits per heavy atom. The van der Waals surface area contributed by atoms with E-state index in [0.29, 0.717) is 12.6 Å². The molecule has 0 radical (unpaired) electrons. The third kappa shape index (κ3) is 5.61. The van der Waals surface area contributed by atoms with Crippen molar-refractivity contribution in [2.45, 2.75) is 45.3 Å². The SMILES string of the molecule is CCCCCCNC(=O)Cn1cccc(C(F)(F)F)c1=O. The first-order valence-electron chi connectivity index (χ1n) is 6.89. The highest BCUT2D eigenvalue weighted by Crippen LogP contribution is 2.25. The number of alkyl halides is 3. The van der Waals surface area contributed by atoms with Gasteiger partial charge >= 0.3 is 6.18 Å². The molecule has 0 fully saturated rings. The van der Waals surface area contributed by atoms with E-state index >= 15 is 0 Å². The predicted octanol–water partition coefficient (Wildman–Crippen LogP) is 2.56. The molecule has 0 spiro atoms. The number of unbranched alkanes of at least 4 members (excludes halogenated alkanes) is 3. The van der Waals surface area contributed by atoms with Crippen LogP contribution in [0.1, 0.15) is 38.2 Å². The summed E-state index contributed by atoms with van der Waals surface area (Å²) in [6.45, 7) is 2.13. The second-order valence-electron chi connectivity index (χ2n) is 4.76. The first-order valence-corrected chi connectivity index (χ1v) is 6.89. The monoisotopic (exact) mass is 304 g/mol. The molecule has 0 aliphatic heterocycles. The van der Waals surface area contributed by atoms with Gasteiger partial charge in [-0.25, -0.2) is 0 Å². The standard InChI is InChI=1S/C14H19F3N2O2/c1-2-3-4-5-8-18-12(20)10-19-9-6-7-11(13(19)21)14(15,16)17/h6-7,9H,2-5,8,10H2,1H3,(H,18,20). The molecule has 0 aliphatic rings. The van der Waals surface area contributed by atoms with Crippen LogP contribution in [0.2, 0.25) is 0 Å². The number of nitrogens with zero attached hydrogens (tertiary/aromatic N) is 1. The van der Waals surface area contributed by atoms with Gasteiger partial charge in [-0.15, -0.1) is 0 Å². The van der Waals surface area contributed by atoms with Gasteiger partial charge in [0.15, 0.2) is 0 Å². The van der Waals surface area contributed by atoms with E-state index in [1.165, 1.54) is 6.20 Å².